The molecular weight excluding hydrogens is 450 g/mol. The molecule has 35 heavy (non-hydrogen) atoms. The number of ether oxygens (including phenoxy) is 2. The van der Waals surface area contributed by atoms with Crippen molar-refractivity contribution < 1.29 is 28.3 Å². The van der Waals surface area contributed by atoms with Crippen LogP contribution in [0.3, 0.4) is 0 Å². The fourth-order valence-corrected chi connectivity index (χ4v) is 4.54. The molecule has 0 aliphatic carbocycles. The molecule has 0 unspecified atom stereocenters. The lowest BCUT2D eigenvalue weighted by atomic mass is 9.99. The standard InChI is InChI=1S/C26H27N3O6/c1-4-33-20-10-17-9-15(2)34-21(17)11-18(20)13-27-23(30)14-29-24(31)26(3,28-25(29)32)22-12-16-7-5-6-8-19(16)35-22/h5-8,10-12,15H,4,9,13-14H2,1-3H3,(H,27,30)(H,28,32)/t15-,26-/m0/s1. The van der Waals surface area contributed by atoms with Crippen molar-refractivity contribution in [1.82, 2.24) is 15.5 Å². The first kappa shape index (κ1) is 22.8. The lowest BCUT2D eigenvalue weighted by molar-refractivity contribution is -0.135. The second-order valence-electron chi connectivity index (χ2n) is 9.00. The molecule has 2 aromatic carbocycles. The topological polar surface area (TPSA) is 110 Å². The average molecular weight is 478 g/mol. The number of nitrogens with one attached hydrogen (secondary N) is 2. The van der Waals surface area contributed by atoms with E-state index in [2.05, 4.69) is 10.6 Å². The number of urea groups is 1. The minimum absolute atomic E-state index is 0.0880. The molecule has 3 heterocycles. The third kappa shape index (κ3) is 4.07. The SMILES string of the molecule is CCOc1cc2c(cc1CNC(=O)CN1C(=O)N[C@@](C)(c3cc4ccccc4o3)C1=O)O[C@@H](C)C2. The van der Waals surface area contributed by atoms with E-state index in [0.717, 1.165) is 33.6 Å². The van der Waals surface area contributed by atoms with Gasteiger partial charge in [-0.1, -0.05) is 18.2 Å². The van der Waals surface area contributed by atoms with Crippen molar-refractivity contribution in [3.05, 3.63) is 59.4 Å². The van der Waals surface area contributed by atoms with E-state index in [1.807, 2.05) is 44.2 Å². The highest BCUT2D eigenvalue weighted by atomic mass is 16.5. The number of nitrogens with zero attached hydrogens (tertiary/aromatic N) is 1. The van der Waals surface area contributed by atoms with Crippen LogP contribution in [0.4, 0.5) is 4.79 Å². The smallest absolute Gasteiger partial charge is 0.325 e. The molecule has 9 heteroatoms. The van der Waals surface area contributed by atoms with Gasteiger partial charge in [-0.05, 0) is 45.0 Å². The van der Waals surface area contributed by atoms with Crippen molar-refractivity contribution in [2.24, 2.45) is 0 Å². The summed E-state index contributed by atoms with van der Waals surface area (Å²) in [5.41, 5.74) is 1.05. The Kier molecular flexibility index (Phi) is 5.62. The second kappa shape index (κ2) is 8.65. The van der Waals surface area contributed by atoms with Crippen LogP contribution in [-0.4, -0.2) is 42.0 Å². The molecule has 2 aliphatic heterocycles. The Balaban J connectivity index is 1.28. The summed E-state index contributed by atoms with van der Waals surface area (Å²) in [7, 11) is 0. The van der Waals surface area contributed by atoms with Crippen LogP contribution in [0.2, 0.25) is 0 Å². The first-order chi connectivity index (χ1) is 16.8. The summed E-state index contributed by atoms with van der Waals surface area (Å²) in [6, 6.07) is 12.2. The summed E-state index contributed by atoms with van der Waals surface area (Å²) in [6.45, 7) is 5.71. The van der Waals surface area contributed by atoms with Gasteiger partial charge in [-0.15, -0.1) is 0 Å². The fourth-order valence-electron chi connectivity index (χ4n) is 4.54. The number of para-hydroxylation sites is 1. The molecule has 1 aromatic heterocycles. The van der Waals surface area contributed by atoms with E-state index in [-0.39, 0.29) is 12.6 Å². The number of fused-ring (bicyclic) bond motifs is 2. The van der Waals surface area contributed by atoms with Crippen molar-refractivity contribution in [2.75, 3.05) is 13.2 Å². The van der Waals surface area contributed by atoms with Crippen molar-refractivity contribution in [2.45, 2.75) is 45.4 Å². The Bertz CT molecular complexity index is 1300. The van der Waals surface area contributed by atoms with Gasteiger partial charge >= 0.3 is 6.03 Å². The number of hydrogen-bond donors (Lipinski definition) is 2. The molecule has 2 aliphatic rings. The van der Waals surface area contributed by atoms with Gasteiger partial charge in [0.1, 0.15) is 35.5 Å². The van der Waals surface area contributed by atoms with Gasteiger partial charge in [-0.25, -0.2) is 4.79 Å². The van der Waals surface area contributed by atoms with Crippen molar-refractivity contribution >= 4 is 28.8 Å². The van der Waals surface area contributed by atoms with Gasteiger partial charge in [0.2, 0.25) is 5.91 Å². The van der Waals surface area contributed by atoms with Gasteiger partial charge in [-0.2, -0.15) is 0 Å². The van der Waals surface area contributed by atoms with Crippen LogP contribution in [0.1, 0.15) is 37.7 Å². The number of carbonyl (C=O) groups excluding carboxylic acids is 3. The molecule has 9 nitrogen and oxygen atoms in total. The van der Waals surface area contributed by atoms with E-state index in [1.165, 1.54) is 0 Å². The number of hydrogen-bond acceptors (Lipinski definition) is 6. The summed E-state index contributed by atoms with van der Waals surface area (Å²) in [4.78, 5) is 39.4. The van der Waals surface area contributed by atoms with E-state index in [1.54, 1.807) is 19.1 Å². The van der Waals surface area contributed by atoms with Crippen LogP contribution in [0, 0.1) is 0 Å². The third-order valence-electron chi connectivity index (χ3n) is 6.35. The predicted molar refractivity (Wildman–Crippen MR) is 127 cm³/mol. The third-order valence-corrected chi connectivity index (χ3v) is 6.35. The molecule has 182 valence electrons. The largest absolute Gasteiger partial charge is 0.494 e. The number of imide groups is 1. The molecule has 4 amide bonds. The Labute approximate surface area is 202 Å². The van der Waals surface area contributed by atoms with Crippen LogP contribution in [0.5, 0.6) is 11.5 Å². The average Bonchev–Trinajstić information content (AvgIpc) is 3.48. The molecule has 0 bridgehead atoms. The van der Waals surface area contributed by atoms with Crippen LogP contribution < -0.4 is 20.1 Å². The van der Waals surface area contributed by atoms with Gasteiger partial charge in [0.25, 0.3) is 5.91 Å². The minimum atomic E-state index is -1.40. The van der Waals surface area contributed by atoms with E-state index in [9.17, 15) is 14.4 Å². The van der Waals surface area contributed by atoms with Gasteiger partial charge in [0.05, 0.1) is 6.61 Å². The minimum Gasteiger partial charge on any atom is -0.494 e. The Morgan fingerprint density at radius 3 is 2.83 bits per heavy atom. The van der Waals surface area contributed by atoms with Crippen molar-refractivity contribution in [3.63, 3.8) is 0 Å². The Morgan fingerprint density at radius 2 is 2.06 bits per heavy atom. The van der Waals surface area contributed by atoms with Gasteiger partial charge < -0.3 is 24.5 Å². The van der Waals surface area contributed by atoms with E-state index >= 15 is 0 Å². The number of carbonyl (C=O) groups is 3. The van der Waals surface area contributed by atoms with Crippen molar-refractivity contribution in [3.8, 4) is 11.5 Å². The molecule has 5 rings (SSSR count). The molecule has 3 aromatic rings. The fraction of sp³-hybridized carbons (Fsp3) is 0.346. The highest BCUT2D eigenvalue weighted by Gasteiger charge is 2.51. The molecular formula is C26H27N3O6. The van der Waals surface area contributed by atoms with Gasteiger partial charge in [-0.3, -0.25) is 14.5 Å². The molecule has 2 atom stereocenters. The van der Waals surface area contributed by atoms with Gasteiger partial charge in [0, 0.05) is 29.5 Å². The van der Waals surface area contributed by atoms with Crippen molar-refractivity contribution in [1.29, 1.82) is 0 Å². The van der Waals surface area contributed by atoms with Crippen LogP contribution in [-0.2, 0) is 28.1 Å². The second-order valence-corrected chi connectivity index (χ2v) is 9.00. The normalized spacial score (nSPS) is 21.1. The molecule has 0 saturated carbocycles. The number of benzene rings is 2. The maximum absolute atomic E-state index is 13.2. The maximum Gasteiger partial charge on any atom is 0.325 e. The van der Waals surface area contributed by atoms with E-state index in [0.29, 0.717) is 23.7 Å². The summed E-state index contributed by atoms with van der Waals surface area (Å²) in [5, 5.41) is 6.28. The summed E-state index contributed by atoms with van der Waals surface area (Å²) >= 11 is 0. The zero-order valence-electron chi connectivity index (χ0n) is 19.8. The first-order valence-corrected chi connectivity index (χ1v) is 11.6. The Hall–Kier alpha value is -4.01. The maximum atomic E-state index is 13.2. The summed E-state index contributed by atoms with van der Waals surface area (Å²) < 4.78 is 17.4. The first-order valence-electron chi connectivity index (χ1n) is 11.6. The lowest BCUT2D eigenvalue weighted by Crippen LogP contribution is -2.43. The van der Waals surface area contributed by atoms with E-state index in [4.69, 9.17) is 13.9 Å². The van der Waals surface area contributed by atoms with Gasteiger partial charge in [0.15, 0.2) is 5.54 Å². The van der Waals surface area contributed by atoms with Crippen LogP contribution in [0.25, 0.3) is 11.0 Å². The number of rotatable bonds is 7. The Morgan fingerprint density at radius 1 is 1.26 bits per heavy atom. The zero-order chi connectivity index (χ0) is 24.7. The highest BCUT2D eigenvalue weighted by molar-refractivity contribution is 6.09. The summed E-state index contributed by atoms with van der Waals surface area (Å²) in [5.74, 6) is 0.748. The number of amides is 4. The molecule has 0 radical (unpaired) electrons. The quantitative estimate of drug-likeness (QED) is 0.506. The molecule has 0 spiro atoms. The molecule has 2 N–H and O–H groups in total. The van der Waals surface area contributed by atoms with E-state index < -0.39 is 29.9 Å². The lowest BCUT2D eigenvalue weighted by Gasteiger charge is -2.19. The van der Waals surface area contributed by atoms with Crippen LogP contribution >= 0.6 is 0 Å². The highest BCUT2D eigenvalue weighted by Crippen LogP contribution is 2.35. The van der Waals surface area contributed by atoms with Crippen LogP contribution in [0.15, 0.2) is 46.9 Å². The summed E-state index contributed by atoms with van der Waals surface area (Å²) in [6.07, 6.45) is 0.892. The monoisotopic (exact) mass is 477 g/mol. The molecule has 1 fully saturated rings. The zero-order valence-corrected chi connectivity index (χ0v) is 19.8. The number of furan rings is 1. The predicted octanol–water partition coefficient (Wildman–Crippen LogP) is 3.24. The molecule has 1 saturated heterocycles.